The van der Waals surface area contributed by atoms with Crippen molar-refractivity contribution in [2.24, 2.45) is 5.41 Å². The zero-order valence-corrected chi connectivity index (χ0v) is 11.7. The monoisotopic (exact) mass is 258 g/mol. The van der Waals surface area contributed by atoms with E-state index >= 15 is 0 Å². The maximum atomic E-state index is 12.1. The lowest BCUT2D eigenvalue weighted by Gasteiger charge is -2.16. The van der Waals surface area contributed by atoms with E-state index in [2.05, 4.69) is 0 Å². The minimum absolute atomic E-state index is 0.111. The molecular weight excluding hydrogens is 240 g/mol. The summed E-state index contributed by atoms with van der Waals surface area (Å²) in [6, 6.07) is 7.09. The fraction of sp³-hybridized carbons (Fsp3) is 0.375. The predicted molar refractivity (Wildman–Crippen MR) is 75.4 cm³/mol. The summed E-state index contributed by atoms with van der Waals surface area (Å²) in [6.07, 6.45) is 0.259. The van der Waals surface area contributed by atoms with Gasteiger partial charge in [-0.15, -0.1) is 0 Å². The Morgan fingerprint density at radius 1 is 1.21 bits per heavy atom. The molecule has 3 nitrogen and oxygen atoms in total. The van der Waals surface area contributed by atoms with Crippen LogP contribution in [0.5, 0.6) is 0 Å². The molecule has 0 spiro atoms. The van der Waals surface area contributed by atoms with Crippen molar-refractivity contribution in [1.82, 2.24) is 0 Å². The molecule has 19 heavy (non-hydrogen) atoms. The summed E-state index contributed by atoms with van der Waals surface area (Å²) in [6.45, 7) is 7.58. The first-order chi connectivity index (χ1) is 8.77. The largest absolute Gasteiger partial charge is 0.423 e. The molecule has 100 valence electrons. The Balaban J connectivity index is 2.54. The lowest BCUT2D eigenvalue weighted by atomic mass is 9.86. The molecule has 1 aromatic carbocycles. The molecule has 0 aliphatic heterocycles. The smallest absolute Gasteiger partial charge is 0.336 e. The number of rotatable bonds is 2. The highest BCUT2D eigenvalue weighted by atomic mass is 16.4. The third-order valence-corrected chi connectivity index (χ3v) is 3.17. The highest BCUT2D eigenvalue weighted by molar-refractivity contribution is 5.90. The summed E-state index contributed by atoms with van der Waals surface area (Å²) in [5.41, 5.74) is 1.49. The first-order valence-corrected chi connectivity index (χ1v) is 6.34. The number of hydrogen-bond donors (Lipinski definition) is 0. The van der Waals surface area contributed by atoms with E-state index in [1.807, 2.05) is 45.9 Å². The van der Waals surface area contributed by atoms with E-state index in [0.717, 1.165) is 16.5 Å². The Morgan fingerprint density at radius 2 is 1.89 bits per heavy atom. The van der Waals surface area contributed by atoms with Gasteiger partial charge in [-0.3, -0.25) is 4.79 Å². The van der Waals surface area contributed by atoms with Crippen LogP contribution in [0.25, 0.3) is 11.0 Å². The van der Waals surface area contributed by atoms with Crippen molar-refractivity contribution in [2.75, 3.05) is 0 Å². The number of Topliss-reactive ketones (excluding diaryl/α,β-unsaturated/α-hetero) is 1. The van der Waals surface area contributed by atoms with Gasteiger partial charge in [-0.25, -0.2) is 4.79 Å². The number of fused-ring (bicyclic) bond motifs is 1. The van der Waals surface area contributed by atoms with Crippen LogP contribution in [0.2, 0.25) is 0 Å². The van der Waals surface area contributed by atoms with Gasteiger partial charge >= 0.3 is 5.63 Å². The summed E-state index contributed by atoms with van der Waals surface area (Å²) in [5.74, 6) is 0.111. The van der Waals surface area contributed by atoms with E-state index < -0.39 is 11.0 Å². The van der Waals surface area contributed by atoms with Crippen molar-refractivity contribution in [2.45, 2.75) is 34.1 Å². The van der Waals surface area contributed by atoms with Crippen LogP contribution in [0.1, 0.15) is 31.9 Å². The van der Waals surface area contributed by atoms with Gasteiger partial charge in [0.15, 0.2) is 0 Å². The predicted octanol–water partition coefficient (Wildman–Crippen LogP) is 3.26. The van der Waals surface area contributed by atoms with Gasteiger partial charge in [0.25, 0.3) is 0 Å². The maximum Gasteiger partial charge on any atom is 0.336 e. The van der Waals surface area contributed by atoms with Crippen molar-refractivity contribution in [1.29, 1.82) is 0 Å². The fourth-order valence-corrected chi connectivity index (χ4v) is 1.92. The van der Waals surface area contributed by atoms with Crippen LogP contribution < -0.4 is 5.63 Å². The average molecular weight is 258 g/mol. The first-order valence-electron chi connectivity index (χ1n) is 6.34. The van der Waals surface area contributed by atoms with Crippen molar-refractivity contribution in [3.63, 3.8) is 0 Å². The number of carbonyl (C=O) groups is 1. The van der Waals surface area contributed by atoms with Gasteiger partial charge in [0.2, 0.25) is 0 Å². The fourth-order valence-electron chi connectivity index (χ4n) is 1.92. The minimum atomic E-state index is -0.410. The molecule has 0 aliphatic rings. The Morgan fingerprint density at radius 3 is 2.53 bits per heavy atom. The van der Waals surface area contributed by atoms with Crippen LogP contribution in [0.3, 0.4) is 0 Å². The topological polar surface area (TPSA) is 47.3 Å². The highest BCUT2D eigenvalue weighted by Gasteiger charge is 2.22. The van der Waals surface area contributed by atoms with Crippen LogP contribution in [0, 0.1) is 12.3 Å². The summed E-state index contributed by atoms with van der Waals surface area (Å²) >= 11 is 0. The van der Waals surface area contributed by atoms with Gasteiger partial charge in [0.05, 0.1) is 0 Å². The van der Waals surface area contributed by atoms with Crippen LogP contribution in [0.4, 0.5) is 0 Å². The summed E-state index contributed by atoms with van der Waals surface area (Å²) in [4.78, 5) is 23.7. The average Bonchev–Trinajstić information content (AvgIpc) is 2.26. The third-order valence-electron chi connectivity index (χ3n) is 3.17. The van der Waals surface area contributed by atoms with E-state index in [-0.39, 0.29) is 12.2 Å². The van der Waals surface area contributed by atoms with Gasteiger partial charge in [-0.1, -0.05) is 32.9 Å². The number of ketones is 1. The van der Waals surface area contributed by atoms with E-state index in [4.69, 9.17) is 4.42 Å². The number of benzene rings is 1. The van der Waals surface area contributed by atoms with Crippen molar-refractivity contribution in [3.05, 3.63) is 45.8 Å². The molecule has 0 amide bonds. The minimum Gasteiger partial charge on any atom is -0.423 e. The molecule has 0 aliphatic carbocycles. The second-order valence-electron chi connectivity index (χ2n) is 5.94. The molecule has 0 fully saturated rings. The second-order valence-corrected chi connectivity index (χ2v) is 5.94. The molecule has 2 aromatic rings. The molecule has 3 heteroatoms. The third kappa shape index (κ3) is 2.92. The Labute approximate surface area is 112 Å². The molecule has 0 unspecified atom stereocenters. The van der Waals surface area contributed by atoms with E-state index in [0.29, 0.717) is 5.58 Å². The molecule has 0 saturated carbocycles. The lowest BCUT2D eigenvalue weighted by Crippen LogP contribution is -2.22. The molecule has 0 saturated heterocycles. The van der Waals surface area contributed by atoms with E-state index in [1.165, 1.54) is 6.07 Å². The van der Waals surface area contributed by atoms with Crippen molar-refractivity contribution in [3.8, 4) is 0 Å². The van der Waals surface area contributed by atoms with E-state index in [9.17, 15) is 9.59 Å². The van der Waals surface area contributed by atoms with Gasteiger partial charge in [0, 0.05) is 23.3 Å². The van der Waals surface area contributed by atoms with Gasteiger partial charge < -0.3 is 4.42 Å². The molecule has 0 radical (unpaired) electrons. The number of hydrogen-bond acceptors (Lipinski definition) is 3. The zero-order valence-electron chi connectivity index (χ0n) is 11.7. The van der Waals surface area contributed by atoms with Gasteiger partial charge in [-0.2, -0.15) is 0 Å². The second kappa shape index (κ2) is 4.65. The van der Waals surface area contributed by atoms with Crippen LogP contribution in [0.15, 0.2) is 33.5 Å². The number of aryl methyl sites for hydroxylation is 1. The molecule has 0 N–H and O–H groups in total. The maximum absolute atomic E-state index is 12.1. The Kier molecular flexibility index (Phi) is 3.31. The Hall–Kier alpha value is -1.90. The molecule has 1 aromatic heterocycles. The first kappa shape index (κ1) is 13.5. The molecular formula is C16H18O3. The molecule has 1 heterocycles. The normalized spacial score (nSPS) is 11.8. The lowest BCUT2D eigenvalue weighted by molar-refractivity contribution is -0.125. The van der Waals surface area contributed by atoms with E-state index in [1.54, 1.807) is 0 Å². The van der Waals surface area contributed by atoms with Gasteiger partial charge in [0.1, 0.15) is 11.4 Å². The van der Waals surface area contributed by atoms with Crippen LogP contribution in [-0.4, -0.2) is 5.78 Å². The standard InChI is InChI=1S/C16H18O3/c1-10-5-6-12-11(8-14(17)16(2,3)4)9-15(18)19-13(12)7-10/h5-7,9H,8H2,1-4H3. The highest BCUT2D eigenvalue weighted by Crippen LogP contribution is 2.23. The number of carbonyl (C=O) groups excluding carboxylic acids is 1. The van der Waals surface area contributed by atoms with Crippen molar-refractivity contribution >= 4 is 16.8 Å². The molecule has 2 rings (SSSR count). The zero-order chi connectivity index (χ0) is 14.2. The molecule has 0 bridgehead atoms. The van der Waals surface area contributed by atoms with Crippen molar-refractivity contribution < 1.29 is 9.21 Å². The summed E-state index contributed by atoms with van der Waals surface area (Å²) < 4.78 is 5.18. The van der Waals surface area contributed by atoms with Gasteiger partial charge in [-0.05, 0) is 24.1 Å². The Bertz CT molecular complexity index is 687. The quantitative estimate of drug-likeness (QED) is 0.777. The van der Waals surface area contributed by atoms with Crippen LogP contribution >= 0.6 is 0 Å². The SMILES string of the molecule is Cc1ccc2c(CC(=O)C(C)(C)C)cc(=O)oc2c1. The summed E-state index contributed by atoms with van der Waals surface area (Å²) in [7, 11) is 0. The van der Waals surface area contributed by atoms with Crippen LogP contribution in [-0.2, 0) is 11.2 Å². The molecule has 0 atom stereocenters. The summed E-state index contributed by atoms with van der Waals surface area (Å²) in [5, 5.41) is 0.836.